The number of rotatable bonds is 7. The molecular weight excluding hydrogens is 326 g/mol. The molecule has 0 aliphatic heterocycles. The molecule has 0 aliphatic carbocycles. The van der Waals surface area contributed by atoms with Crippen LogP contribution < -0.4 is 5.32 Å². The molecule has 1 N–H and O–H groups in total. The first-order chi connectivity index (χ1) is 12.6. The van der Waals surface area contributed by atoms with Crippen molar-refractivity contribution in [2.24, 2.45) is 0 Å². The van der Waals surface area contributed by atoms with Gasteiger partial charge < -0.3 is 14.5 Å². The minimum Gasteiger partial charge on any atom is -0.464 e. The summed E-state index contributed by atoms with van der Waals surface area (Å²) in [5, 5.41) is 4.02. The fraction of sp³-hybridized carbons (Fsp3) is 0.318. The summed E-state index contributed by atoms with van der Waals surface area (Å²) in [5.74, 6) is -0.0165. The zero-order chi connectivity index (χ0) is 18.5. The van der Waals surface area contributed by atoms with Crippen molar-refractivity contribution in [1.29, 1.82) is 0 Å². The van der Waals surface area contributed by atoms with Crippen molar-refractivity contribution >= 4 is 16.9 Å². The molecule has 3 rings (SSSR count). The highest BCUT2D eigenvalue weighted by atomic mass is 16.5. The van der Waals surface area contributed by atoms with Gasteiger partial charge in [-0.1, -0.05) is 24.3 Å². The highest BCUT2D eigenvalue weighted by Gasteiger charge is 2.12. The molecule has 0 unspecified atom stereocenters. The summed E-state index contributed by atoms with van der Waals surface area (Å²) in [5.41, 5.74) is 6.33. The van der Waals surface area contributed by atoms with Gasteiger partial charge in [0.25, 0.3) is 0 Å². The number of hydrogen-bond donors (Lipinski definition) is 1. The minimum atomic E-state index is -0.0165. The summed E-state index contributed by atoms with van der Waals surface area (Å²) in [6.07, 6.45) is 2.00. The van der Waals surface area contributed by atoms with Gasteiger partial charge in [0.1, 0.15) is 5.58 Å². The van der Waals surface area contributed by atoms with E-state index in [1.165, 1.54) is 11.1 Å². The van der Waals surface area contributed by atoms with Crippen LogP contribution in [0.2, 0.25) is 0 Å². The topological polar surface area (TPSA) is 51.5 Å². The Balaban J connectivity index is 1.66. The van der Waals surface area contributed by atoms with Crippen molar-refractivity contribution in [3.8, 4) is 0 Å². The maximum absolute atomic E-state index is 12.4. The van der Waals surface area contributed by atoms with Gasteiger partial charge in [-0.05, 0) is 55.2 Å². The number of hydrogen-bond acceptors (Lipinski definition) is 3. The monoisotopic (exact) mass is 351 g/mol. The van der Waals surface area contributed by atoms with Crippen molar-refractivity contribution in [1.82, 2.24) is 5.32 Å². The van der Waals surface area contributed by atoms with Crippen LogP contribution in [0, 0.1) is 13.8 Å². The quantitative estimate of drug-likeness (QED) is 0.684. The third-order valence-electron chi connectivity index (χ3n) is 4.68. The largest absolute Gasteiger partial charge is 0.464 e. The number of benzene rings is 2. The van der Waals surface area contributed by atoms with E-state index in [2.05, 4.69) is 25.2 Å². The molecule has 1 amide bonds. The molecule has 0 fully saturated rings. The SMILES string of the molecule is CCOCc1ccccc1CNC(=O)Cc1coc2cc(C)c(C)cc12. The van der Waals surface area contributed by atoms with E-state index in [9.17, 15) is 4.79 Å². The Morgan fingerprint density at radius 1 is 1.08 bits per heavy atom. The number of fused-ring (bicyclic) bond motifs is 1. The van der Waals surface area contributed by atoms with Gasteiger partial charge in [0.2, 0.25) is 5.91 Å². The van der Waals surface area contributed by atoms with Gasteiger partial charge in [-0.25, -0.2) is 0 Å². The Morgan fingerprint density at radius 3 is 2.58 bits per heavy atom. The number of carbonyl (C=O) groups excluding carboxylic acids is 1. The van der Waals surface area contributed by atoms with Crippen LogP contribution in [0.4, 0.5) is 0 Å². The lowest BCUT2D eigenvalue weighted by atomic mass is 10.0. The average molecular weight is 351 g/mol. The fourth-order valence-corrected chi connectivity index (χ4v) is 2.99. The second kappa shape index (κ2) is 8.19. The lowest BCUT2D eigenvalue weighted by Crippen LogP contribution is -2.25. The molecule has 0 radical (unpaired) electrons. The van der Waals surface area contributed by atoms with Crippen LogP contribution >= 0.6 is 0 Å². The fourth-order valence-electron chi connectivity index (χ4n) is 2.99. The first-order valence-corrected chi connectivity index (χ1v) is 8.97. The molecule has 136 valence electrons. The Morgan fingerprint density at radius 2 is 1.81 bits per heavy atom. The van der Waals surface area contributed by atoms with Gasteiger partial charge >= 0.3 is 0 Å². The van der Waals surface area contributed by atoms with E-state index in [0.717, 1.165) is 27.7 Å². The summed E-state index contributed by atoms with van der Waals surface area (Å²) in [4.78, 5) is 12.4. The Kier molecular flexibility index (Phi) is 5.74. The van der Waals surface area contributed by atoms with Crippen molar-refractivity contribution in [2.75, 3.05) is 6.61 Å². The van der Waals surface area contributed by atoms with Crippen molar-refractivity contribution in [3.05, 3.63) is 70.5 Å². The van der Waals surface area contributed by atoms with Crippen molar-refractivity contribution < 1.29 is 13.9 Å². The molecule has 4 heteroatoms. The molecule has 0 saturated carbocycles. The van der Waals surface area contributed by atoms with Crippen LogP contribution in [0.3, 0.4) is 0 Å². The van der Waals surface area contributed by atoms with E-state index in [1.54, 1.807) is 6.26 Å². The highest BCUT2D eigenvalue weighted by molar-refractivity contribution is 5.88. The van der Waals surface area contributed by atoms with Gasteiger partial charge in [0.05, 0.1) is 19.3 Å². The zero-order valence-electron chi connectivity index (χ0n) is 15.6. The number of aryl methyl sites for hydroxylation is 2. The number of ether oxygens (including phenoxy) is 1. The van der Waals surface area contributed by atoms with Crippen LogP contribution in [-0.4, -0.2) is 12.5 Å². The molecule has 3 aromatic rings. The van der Waals surface area contributed by atoms with E-state index in [0.29, 0.717) is 26.2 Å². The maximum Gasteiger partial charge on any atom is 0.224 e. The summed E-state index contributed by atoms with van der Waals surface area (Å²) >= 11 is 0. The van der Waals surface area contributed by atoms with E-state index in [1.807, 2.05) is 37.3 Å². The third-order valence-corrected chi connectivity index (χ3v) is 4.68. The summed E-state index contributed by atoms with van der Waals surface area (Å²) in [6.45, 7) is 7.84. The molecule has 4 nitrogen and oxygen atoms in total. The van der Waals surface area contributed by atoms with Gasteiger partial charge in [-0.2, -0.15) is 0 Å². The number of furan rings is 1. The van der Waals surface area contributed by atoms with Crippen LogP contribution in [0.1, 0.15) is 34.7 Å². The molecular formula is C22H25NO3. The van der Waals surface area contributed by atoms with Gasteiger partial charge in [-0.15, -0.1) is 0 Å². The van der Waals surface area contributed by atoms with Crippen LogP contribution in [0.15, 0.2) is 47.1 Å². The molecule has 1 aromatic heterocycles. The van der Waals surface area contributed by atoms with Crippen molar-refractivity contribution in [2.45, 2.75) is 40.3 Å². The average Bonchev–Trinajstić information content (AvgIpc) is 3.01. The van der Waals surface area contributed by atoms with E-state index in [-0.39, 0.29) is 5.91 Å². The Hall–Kier alpha value is -2.59. The number of nitrogens with one attached hydrogen (secondary N) is 1. The van der Waals surface area contributed by atoms with Gasteiger partial charge in [0, 0.05) is 24.1 Å². The zero-order valence-corrected chi connectivity index (χ0v) is 15.6. The first-order valence-electron chi connectivity index (χ1n) is 8.97. The molecule has 2 aromatic carbocycles. The Bertz CT molecular complexity index is 911. The third kappa shape index (κ3) is 4.14. The summed E-state index contributed by atoms with van der Waals surface area (Å²) in [7, 11) is 0. The molecule has 26 heavy (non-hydrogen) atoms. The van der Waals surface area contributed by atoms with Crippen molar-refractivity contribution in [3.63, 3.8) is 0 Å². The summed E-state index contributed by atoms with van der Waals surface area (Å²) < 4.78 is 11.1. The molecule has 0 bridgehead atoms. The maximum atomic E-state index is 12.4. The first kappa shape index (κ1) is 18.2. The van der Waals surface area contributed by atoms with E-state index >= 15 is 0 Å². The lowest BCUT2D eigenvalue weighted by molar-refractivity contribution is -0.120. The van der Waals surface area contributed by atoms with Crippen LogP contribution in [-0.2, 0) is 29.1 Å². The normalized spacial score (nSPS) is 11.0. The standard InChI is InChI=1S/C22H25NO3/c1-4-25-13-18-8-6-5-7-17(18)12-23-22(24)11-19-14-26-21-10-16(3)15(2)9-20(19)21/h5-10,14H,4,11-13H2,1-3H3,(H,23,24). The summed E-state index contributed by atoms with van der Waals surface area (Å²) in [6, 6.07) is 12.1. The smallest absolute Gasteiger partial charge is 0.224 e. The van der Waals surface area contributed by atoms with E-state index < -0.39 is 0 Å². The number of carbonyl (C=O) groups is 1. The molecule has 1 heterocycles. The van der Waals surface area contributed by atoms with Crippen LogP contribution in [0.5, 0.6) is 0 Å². The molecule has 0 atom stereocenters. The second-order valence-electron chi connectivity index (χ2n) is 6.55. The van der Waals surface area contributed by atoms with Gasteiger partial charge in [-0.3, -0.25) is 4.79 Å². The molecule has 0 aliphatic rings. The van der Waals surface area contributed by atoms with E-state index in [4.69, 9.17) is 9.15 Å². The molecule has 0 saturated heterocycles. The predicted octanol–water partition coefficient (Wildman–Crippen LogP) is 4.45. The minimum absolute atomic E-state index is 0.0165. The predicted molar refractivity (Wildman–Crippen MR) is 103 cm³/mol. The molecule has 0 spiro atoms. The highest BCUT2D eigenvalue weighted by Crippen LogP contribution is 2.25. The lowest BCUT2D eigenvalue weighted by Gasteiger charge is -2.10. The number of amides is 1. The van der Waals surface area contributed by atoms with Gasteiger partial charge in [0.15, 0.2) is 0 Å². The van der Waals surface area contributed by atoms with Crippen LogP contribution in [0.25, 0.3) is 11.0 Å². The Labute approximate surface area is 154 Å². The second-order valence-corrected chi connectivity index (χ2v) is 6.55.